The zero-order valence-corrected chi connectivity index (χ0v) is 11.8. The van der Waals surface area contributed by atoms with E-state index < -0.39 is 0 Å². The second-order valence-electron chi connectivity index (χ2n) is 5.34. The molecule has 0 bridgehead atoms. The van der Waals surface area contributed by atoms with Crippen LogP contribution in [0.3, 0.4) is 0 Å². The van der Waals surface area contributed by atoms with Crippen LogP contribution in [0.4, 0.5) is 5.69 Å². The van der Waals surface area contributed by atoms with Crippen LogP contribution < -0.4 is 10.6 Å². The van der Waals surface area contributed by atoms with E-state index in [0.29, 0.717) is 6.04 Å². The summed E-state index contributed by atoms with van der Waals surface area (Å²) in [6.45, 7) is 2.09. The third-order valence-electron chi connectivity index (χ3n) is 3.83. The Morgan fingerprint density at radius 1 is 1.35 bits per heavy atom. The van der Waals surface area contributed by atoms with Crippen molar-refractivity contribution in [3.8, 4) is 11.4 Å². The number of nitrogens with one attached hydrogen (secondary N) is 2. The van der Waals surface area contributed by atoms with Gasteiger partial charge in [-0.15, -0.1) is 10.2 Å². The van der Waals surface area contributed by atoms with Gasteiger partial charge in [-0.3, -0.25) is 0 Å². The summed E-state index contributed by atoms with van der Waals surface area (Å²) in [7, 11) is 1.97. The molecule has 1 unspecified atom stereocenters. The first-order chi connectivity index (χ1) is 9.84. The smallest absolute Gasteiger partial charge is 0.165 e. The van der Waals surface area contributed by atoms with Crippen molar-refractivity contribution >= 4 is 5.69 Å². The minimum absolute atomic E-state index is 0.566. The number of aryl methyl sites for hydroxylation is 1. The van der Waals surface area contributed by atoms with Gasteiger partial charge >= 0.3 is 0 Å². The Labute approximate surface area is 119 Å². The van der Waals surface area contributed by atoms with Crippen LogP contribution in [0.15, 0.2) is 30.6 Å². The average molecular weight is 271 g/mol. The van der Waals surface area contributed by atoms with Crippen LogP contribution in [-0.2, 0) is 7.05 Å². The van der Waals surface area contributed by atoms with Crippen LogP contribution in [0.25, 0.3) is 11.4 Å². The molecule has 0 radical (unpaired) electrons. The molecule has 1 atom stereocenters. The highest BCUT2D eigenvalue weighted by Crippen LogP contribution is 2.25. The summed E-state index contributed by atoms with van der Waals surface area (Å²) in [6, 6.07) is 8.84. The van der Waals surface area contributed by atoms with Crippen molar-refractivity contribution in [2.24, 2.45) is 7.05 Å². The van der Waals surface area contributed by atoms with E-state index in [2.05, 4.69) is 39.0 Å². The molecule has 2 N–H and O–H groups in total. The van der Waals surface area contributed by atoms with Crippen molar-refractivity contribution in [3.05, 3.63) is 30.6 Å². The van der Waals surface area contributed by atoms with Crippen LogP contribution in [-0.4, -0.2) is 33.9 Å². The van der Waals surface area contributed by atoms with Crippen molar-refractivity contribution in [1.29, 1.82) is 0 Å². The number of piperidine rings is 1. The van der Waals surface area contributed by atoms with Crippen molar-refractivity contribution in [3.63, 3.8) is 0 Å². The zero-order chi connectivity index (χ0) is 13.8. The van der Waals surface area contributed by atoms with Crippen molar-refractivity contribution in [2.75, 3.05) is 18.4 Å². The molecule has 2 aromatic rings. The summed E-state index contributed by atoms with van der Waals surface area (Å²) >= 11 is 0. The van der Waals surface area contributed by atoms with E-state index in [1.807, 2.05) is 17.7 Å². The number of benzene rings is 1. The molecule has 1 aromatic carbocycles. The Kier molecular flexibility index (Phi) is 3.97. The van der Waals surface area contributed by atoms with E-state index in [1.54, 1.807) is 6.33 Å². The molecule has 0 saturated carbocycles. The Balaban J connectivity index is 1.74. The van der Waals surface area contributed by atoms with Gasteiger partial charge in [0.05, 0.1) is 0 Å². The van der Waals surface area contributed by atoms with Crippen LogP contribution in [0, 0.1) is 0 Å². The van der Waals surface area contributed by atoms with Gasteiger partial charge in [0, 0.05) is 30.9 Å². The maximum atomic E-state index is 4.20. The molecule has 2 heterocycles. The van der Waals surface area contributed by atoms with Gasteiger partial charge < -0.3 is 15.2 Å². The molecule has 3 rings (SSSR count). The third-order valence-corrected chi connectivity index (χ3v) is 3.83. The highest BCUT2D eigenvalue weighted by molar-refractivity contribution is 5.73. The lowest BCUT2D eigenvalue weighted by atomic mass is 10.0. The van der Waals surface area contributed by atoms with Crippen LogP contribution in [0.1, 0.15) is 19.3 Å². The number of anilines is 1. The van der Waals surface area contributed by atoms with Crippen LogP contribution >= 0.6 is 0 Å². The lowest BCUT2D eigenvalue weighted by Crippen LogP contribution is -2.39. The molecule has 0 amide bonds. The highest BCUT2D eigenvalue weighted by atomic mass is 15.2. The maximum absolute atomic E-state index is 4.20. The van der Waals surface area contributed by atoms with Gasteiger partial charge in [0.15, 0.2) is 5.82 Å². The number of para-hydroxylation sites is 1. The molecule has 106 valence electrons. The predicted molar refractivity (Wildman–Crippen MR) is 80.6 cm³/mol. The third kappa shape index (κ3) is 2.82. The molecule has 20 heavy (non-hydrogen) atoms. The zero-order valence-electron chi connectivity index (χ0n) is 11.8. The molecule has 0 aliphatic carbocycles. The van der Waals surface area contributed by atoms with E-state index in [-0.39, 0.29) is 0 Å². The number of nitrogens with zero attached hydrogens (tertiary/aromatic N) is 3. The second-order valence-corrected chi connectivity index (χ2v) is 5.34. The number of hydrogen-bond acceptors (Lipinski definition) is 4. The Bertz CT molecular complexity index is 557. The SMILES string of the molecule is Cn1cnnc1-c1ccccc1NCC1CCCCN1. The summed E-state index contributed by atoms with van der Waals surface area (Å²) in [4.78, 5) is 0. The fourth-order valence-corrected chi connectivity index (χ4v) is 2.69. The summed E-state index contributed by atoms with van der Waals surface area (Å²) in [6.07, 6.45) is 5.60. The molecule has 1 aliphatic heterocycles. The fourth-order valence-electron chi connectivity index (χ4n) is 2.69. The summed E-state index contributed by atoms with van der Waals surface area (Å²) in [5.41, 5.74) is 2.22. The molecular formula is C15H21N5. The quantitative estimate of drug-likeness (QED) is 0.893. The van der Waals surface area contributed by atoms with Crippen molar-refractivity contribution in [1.82, 2.24) is 20.1 Å². The maximum Gasteiger partial charge on any atom is 0.165 e. The van der Waals surface area contributed by atoms with Gasteiger partial charge in [-0.1, -0.05) is 18.6 Å². The van der Waals surface area contributed by atoms with Gasteiger partial charge in [0.2, 0.25) is 0 Å². The minimum Gasteiger partial charge on any atom is -0.383 e. The Morgan fingerprint density at radius 2 is 2.25 bits per heavy atom. The van der Waals surface area contributed by atoms with Crippen molar-refractivity contribution in [2.45, 2.75) is 25.3 Å². The van der Waals surface area contributed by atoms with Gasteiger partial charge in [0.1, 0.15) is 6.33 Å². The van der Waals surface area contributed by atoms with E-state index in [1.165, 1.54) is 19.3 Å². The number of rotatable bonds is 4. The van der Waals surface area contributed by atoms with E-state index in [4.69, 9.17) is 0 Å². The van der Waals surface area contributed by atoms with Gasteiger partial charge in [-0.25, -0.2) is 0 Å². The molecule has 1 fully saturated rings. The molecule has 1 aromatic heterocycles. The lowest BCUT2D eigenvalue weighted by molar-refractivity contribution is 0.414. The molecule has 5 nitrogen and oxygen atoms in total. The Hall–Kier alpha value is -1.88. The number of hydrogen-bond donors (Lipinski definition) is 2. The average Bonchev–Trinajstić information content (AvgIpc) is 2.92. The Morgan fingerprint density at radius 3 is 3.00 bits per heavy atom. The van der Waals surface area contributed by atoms with E-state index in [0.717, 1.165) is 30.2 Å². The fraction of sp³-hybridized carbons (Fsp3) is 0.467. The van der Waals surface area contributed by atoms with Crippen LogP contribution in [0.5, 0.6) is 0 Å². The van der Waals surface area contributed by atoms with Gasteiger partial charge in [0.25, 0.3) is 0 Å². The van der Waals surface area contributed by atoms with Gasteiger partial charge in [-0.05, 0) is 31.5 Å². The molecular weight excluding hydrogens is 250 g/mol. The summed E-state index contributed by atoms with van der Waals surface area (Å²) in [5.74, 6) is 0.893. The highest BCUT2D eigenvalue weighted by Gasteiger charge is 2.14. The predicted octanol–water partition coefficient (Wildman–Crippen LogP) is 2.04. The minimum atomic E-state index is 0.566. The second kappa shape index (κ2) is 6.05. The molecule has 5 heteroatoms. The van der Waals surface area contributed by atoms with Crippen LogP contribution in [0.2, 0.25) is 0 Å². The first-order valence-corrected chi connectivity index (χ1v) is 7.25. The monoisotopic (exact) mass is 271 g/mol. The van der Waals surface area contributed by atoms with Crippen molar-refractivity contribution < 1.29 is 0 Å². The lowest BCUT2D eigenvalue weighted by Gasteiger charge is -2.24. The van der Waals surface area contributed by atoms with E-state index >= 15 is 0 Å². The first-order valence-electron chi connectivity index (χ1n) is 7.25. The standard InChI is InChI=1S/C15H21N5/c1-20-11-18-19-15(20)13-7-2-3-8-14(13)17-10-12-6-4-5-9-16-12/h2-3,7-8,11-12,16-17H,4-6,9-10H2,1H3. The molecule has 0 spiro atoms. The molecule has 1 aliphatic rings. The molecule has 1 saturated heterocycles. The summed E-state index contributed by atoms with van der Waals surface area (Å²) < 4.78 is 1.94. The largest absolute Gasteiger partial charge is 0.383 e. The van der Waals surface area contributed by atoms with E-state index in [9.17, 15) is 0 Å². The summed E-state index contributed by atoms with van der Waals surface area (Å²) in [5, 5.41) is 15.3. The topological polar surface area (TPSA) is 54.8 Å². The first kappa shape index (κ1) is 13.1. The number of aromatic nitrogens is 3. The van der Waals surface area contributed by atoms with Gasteiger partial charge in [-0.2, -0.15) is 0 Å². The normalized spacial score (nSPS) is 18.9.